The Morgan fingerprint density at radius 3 is 2.69 bits per heavy atom. The molecule has 13 heavy (non-hydrogen) atoms. The van der Waals surface area contributed by atoms with Crippen molar-refractivity contribution in [2.24, 2.45) is 11.3 Å². The number of nitrogens with zero attached hydrogens (tertiary/aromatic N) is 3. The topological polar surface area (TPSA) is 30.7 Å². The minimum atomic E-state index is 0.464. The monoisotopic (exact) mass is 199 g/mol. The summed E-state index contributed by atoms with van der Waals surface area (Å²) in [5, 5.41) is 8.05. The average molecular weight is 200 g/mol. The molecular formula is C9H14ClN3. The van der Waals surface area contributed by atoms with E-state index in [9.17, 15) is 0 Å². The first-order valence-corrected chi connectivity index (χ1v) is 5.05. The van der Waals surface area contributed by atoms with Crippen LogP contribution in [0.2, 0.25) is 5.28 Å². The van der Waals surface area contributed by atoms with E-state index >= 15 is 0 Å². The summed E-state index contributed by atoms with van der Waals surface area (Å²) in [6, 6.07) is 0. The van der Waals surface area contributed by atoms with E-state index in [0.717, 1.165) is 6.54 Å². The Morgan fingerprint density at radius 2 is 2.31 bits per heavy atom. The zero-order chi connectivity index (χ0) is 9.47. The van der Waals surface area contributed by atoms with Crippen LogP contribution in [0.4, 0.5) is 0 Å². The van der Waals surface area contributed by atoms with Gasteiger partial charge in [0.2, 0.25) is 5.28 Å². The molecule has 1 aromatic rings. The molecule has 1 aliphatic carbocycles. The Bertz CT molecular complexity index is 302. The summed E-state index contributed by atoms with van der Waals surface area (Å²) in [6.45, 7) is 5.51. The maximum Gasteiger partial charge on any atom is 0.224 e. The number of rotatable bonds is 3. The first-order valence-electron chi connectivity index (χ1n) is 4.67. The highest BCUT2D eigenvalue weighted by molar-refractivity contribution is 6.28. The van der Waals surface area contributed by atoms with Gasteiger partial charge in [0.25, 0.3) is 0 Å². The molecule has 1 heterocycles. The first kappa shape index (κ1) is 9.00. The van der Waals surface area contributed by atoms with Crippen molar-refractivity contribution in [3.05, 3.63) is 11.6 Å². The third-order valence-corrected chi connectivity index (χ3v) is 3.46. The molecule has 0 unspecified atom stereocenters. The van der Waals surface area contributed by atoms with Crippen LogP contribution in [0.3, 0.4) is 0 Å². The van der Waals surface area contributed by atoms with Crippen LogP contribution in [-0.2, 0) is 6.54 Å². The summed E-state index contributed by atoms with van der Waals surface area (Å²) in [5.74, 6) is 0.714. The molecule has 1 saturated carbocycles. The number of hydrogen-bond donors (Lipinski definition) is 0. The lowest BCUT2D eigenvalue weighted by Crippen LogP contribution is -2.17. The number of aromatic nitrogens is 3. The summed E-state index contributed by atoms with van der Waals surface area (Å²) in [5.41, 5.74) is 0.464. The average Bonchev–Trinajstić information content (AvgIpc) is 2.74. The van der Waals surface area contributed by atoms with Gasteiger partial charge in [-0.3, -0.25) is 0 Å². The van der Waals surface area contributed by atoms with Gasteiger partial charge in [-0.05, 0) is 35.8 Å². The second-order valence-corrected chi connectivity index (χ2v) is 4.58. The molecule has 3 nitrogen and oxygen atoms in total. The molecule has 0 N–H and O–H groups in total. The maximum absolute atomic E-state index is 5.87. The molecular weight excluding hydrogens is 186 g/mol. The van der Waals surface area contributed by atoms with E-state index in [0.29, 0.717) is 16.6 Å². The van der Waals surface area contributed by atoms with Gasteiger partial charge in [0, 0.05) is 6.54 Å². The summed E-state index contributed by atoms with van der Waals surface area (Å²) in [7, 11) is 0. The number of halogens is 1. The van der Waals surface area contributed by atoms with Gasteiger partial charge in [-0.2, -0.15) is 0 Å². The molecule has 1 aromatic heterocycles. The molecule has 0 bridgehead atoms. The molecule has 0 saturated heterocycles. The van der Waals surface area contributed by atoms with Crippen LogP contribution in [-0.4, -0.2) is 14.8 Å². The van der Waals surface area contributed by atoms with E-state index in [2.05, 4.69) is 24.0 Å². The van der Waals surface area contributed by atoms with E-state index in [1.165, 1.54) is 12.8 Å². The Kier molecular flexibility index (Phi) is 2.06. The van der Waals surface area contributed by atoms with Crippen LogP contribution < -0.4 is 0 Å². The van der Waals surface area contributed by atoms with Gasteiger partial charge in [0.05, 0.1) is 0 Å². The van der Waals surface area contributed by atoms with Gasteiger partial charge in [-0.15, -0.1) is 10.2 Å². The summed E-state index contributed by atoms with van der Waals surface area (Å²) >= 11 is 5.87. The minimum absolute atomic E-state index is 0.464. The summed E-state index contributed by atoms with van der Waals surface area (Å²) < 4.78 is 1.94. The maximum atomic E-state index is 5.87. The van der Waals surface area contributed by atoms with Crippen molar-refractivity contribution >= 4 is 11.6 Å². The zero-order valence-corrected chi connectivity index (χ0v) is 8.75. The summed E-state index contributed by atoms with van der Waals surface area (Å²) in [4.78, 5) is 0. The lowest BCUT2D eigenvalue weighted by atomic mass is 9.92. The van der Waals surface area contributed by atoms with E-state index in [4.69, 9.17) is 11.6 Å². The fourth-order valence-corrected chi connectivity index (χ4v) is 1.91. The van der Waals surface area contributed by atoms with E-state index < -0.39 is 0 Å². The molecule has 0 amide bonds. The van der Waals surface area contributed by atoms with Crippen molar-refractivity contribution in [2.45, 2.75) is 33.2 Å². The Labute approximate surface area is 83.1 Å². The Balaban J connectivity index is 2.10. The van der Waals surface area contributed by atoms with Crippen molar-refractivity contribution in [1.29, 1.82) is 0 Å². The van der Waals surface area contributed by atoms with E-state index in [-0.39, 0.29) is 0 Å². The third-order valence-electron chi connectivity index (χ3n) is 3.17. The highest BCUT2D eigenvalue weighted by atomic mass is 35.5. The second kappa shape index (κ2) is 2.98. The van der Waals surface area contributed by atoms with Gasteiger partial charge in [0.1, 0.15) is 6.33 Å². The largest absolute Gasteiger partial charge is 0.304 e. The molecule has 0 atom stereocenters. The summed E-state index contributed by atoms with van der Waals surface area (Å²) in [6.07, 6.45) is 4.32. The molecule has 2 rings (SSSR count). The Hall–Kier alpha value is -0.570. The van der Waals surface area contributed by atoms with Crippen molar-refractivity contribution in [1.82, 2.24) is 14.8 Å². The molecule has 0 aliphatic heterocycles. The van der Waals surface area contributed by atoms with Crippen LogP contribution in [0.15, 0.2) is 6.33 Å². The highest BCUT2D eigenvalue weighted by Gasteiger charge is 2.45. The van der Waals surface area contributed by atoms with Crippen LogP contribution in [0, 0.1) is 11.3 Å². The van der Waals surface area contributed by atoms with Crippen molar-refractivity contribution in [3.8, 4) is 0 Å². The standard InChI is InChI=1S/C9H14ClN3/c1-7(2)9(3-4-9)5-13-6-11-12-8(13)10/h6-7H,3-5H2,1-2H3. The SMILES string of the molecule is CC(C)C1(Cn2cnnc2Cl)CC1. The highest BCUT2D eigenvalue weighted by Crippen LogP contribution is 2.53. The molecule has 4 heteroatoms. The second-order valence-electron chi connectivity index (χ2n) is 4.24. The van der Waals surface area contributed by atoms with Crippen LogP contribution in [0.5, 0.6) is 0 Å². The smallest absolute Gasteiger partial charge is 0.224 e. The Morgan fingerprint density at radius 1 is 1.62 bits per heavy atom. The van der Waals surface area contributed by atoms with Crippen LogP contribution in [0.1, 0.15) is 26.7 Å². The molecule has 0 radical (unpaired) electrons. The molecule has 1 fully saturated rings. The third kappa shape index (κ3) is 1.57. The fraction of sp³-hybridized carbons (Fsp3) is 0.778. The van der Waals surface area contributed by atoms with E-state index in [1.54, 1.807) is 6.33 Å². The van der Waals surface area contributed by atoms with Crippen LogP contribution >= 0.6 is 11.6 Å². The lowest BCUT2D eigenvalue weighted by Gasteiger charge is -2.19. The normalized spacial score (nSPS) is 19.4. The van der Waals surface area contributed by atoms with Gasteiger partial charge >= 0.3 is 0 Å². The van der Waals surface area contributed by atoms with Crippen molar-refractivity contribution in [2.75, 3.05) is 0 Å². The minimum Gasteiger partial charge on any atom is -0.304 e. The molecule has 0 spiro atoms. The molecule has 72 valence electrons. The van der Waals surface area contributed by atoms with Gasteiger partial charge in [0.15, 0.2) is 0 Å². The first-order chi connectivity index (χ1) is 6.14. The predicted octanol–water partition coefficient (Wildman–Crippen LogP) is 2.37. The fourth-order valence-electron chi connectivity index (χ4n) is 1.76. The van der Waals surface area contributed by atoms with Gasteiger partial charge in [-0.25, -0.2) is 0 Å². The molecule has 1 aliphatic rings. The number of hydrogen-bond acceptors (Lipinski definition) is 2. The van der Waals surface area contributed by atoms with Gasteiger partial charge in [-0.1, -0.05) is 13.8 Å². The lowest BCUT2D eigenvalue weighted by molar-refractivity contribution is 0.308. The van der Waals surface area contributed by atoms with Gasteiger partial charge < -0.3 is 4.57 Å². The van der Waals surface area contributed by atoms with Crippen molar-refractivity contribution in [3.63, 3.8) is 0 Å². The van der Waals surface area contributed by atoms with Crippen molar-refractivity contribution < 1.29 is 0 Å². The molecule has 0 aromatic carbocycles. The predicted molar refractivity (Wildman–Crippen MR) is 51.5 cm³/mol. The quantitative estimate of drug-likeness (QED) is 0.749. The van der Waals surface area contributed by atoms with Crippen LogP contribution in [0.25, 0.3) is 0 Å². The van der Waals surface area contributed by atoms with E-state index in [1.807, 2.05) is 4.57 Å². The zero-order valence-electron chi connectivity index (χ0n) is 8.00.